The summed E-state index contributed by atoms with van der Waals surface area (Å²) in [6, 6.07) is 3.84. The Kier molecular flexibility index (Phi) is 2.97. The van der Waals surface area contributed by atoms with Crippen LogP contribution < -0.4 is 10.1 Å². The summed E-state index contributed by atoms with van der Waals surface area (Å²) in [6.07, 6.45) is 2.76. The van der Waals surface area contributed by atoms with Gasteiger partial charge in [-0.05, 0) is 54.0 Å². The van der Waals surface area contributed by atoms with Crippen LogP contribution in [0.3, 0.4) is 0 Å². The molecule has 2 heterocycles. The molecule has 0 bridgehead atoms. The lowest BCUT2D eigenvalue weighted by atomic mass is 9.99. The molecule has 1 saturated heterocycles. The number of ether oxygens (including phenoxy) is 1. The lowest BCUT2D eigenvalue weighted by Crippen LogP contribution is -2.26. The van der Waals surface area contributed by atoms with Gasteiger partial charge in [-0.1, -0.05) is 0 Å². The Morgan fingerprint density at radius 2 is 2.19 bits per heavy atom. The third-order valence-electron chi connectivity index (χ3n) is 3.57. The fourth-order valence-corrected chi connectivity index (χ4v) is 3.05. The topological polar surface area (TPSA) is 47.0 Å². The molecule has 16 heavy (non-hydrogen) atoms. The van der Waals surface area contributed by atoms with Gasteiger partial charge in [-0.25, -0.2) is 0 Å². The van der Waals surface area contributed by atoms with Gasteiger partial charge >= 0.3 is 0 Å². The fraction of sp³-hybridized carbons (Fsp3) is 0.636. The molecule has 0 amide bonds. The van der Waals surface area contributed by atoms with Crippen LogP contribution in [0.15, 0.2) is 12.1 Å². The van der Waals surface area contributed by atoms with E-state index in [4.69, 9.17) is 4.74 Å². The maximum atomic E-state index is 5.93. The van der Waals surface area contributed by atoms with Crippen LogP contribution in [0.4, 0.5) is 0 Å². The number of halogens is 1. The summed E-state index contributed by atoms with van der Waals surface area (Å²) in [6.45, 7) is 2.25. The molecule has 86 valence electrons. The lowest BCUT2D eigenvalue weighted by Gasteiger charge is -2.18. The summed E-state index contributed by atoms with van der Waals surface area (Å²) in [7, 11) is 0. The van der Waals surface area contributed by atoms with Crippen molar-refractivity contribution in [3.63, 3.8) is 0 Å². The van der Waals surface area contributed by atoms with Crippen molar-refractivity contribution in [1.82, 2.24) is 15.5 Å². The molecule has 0 radical (unpaired) electrons. The molecule has 1 aromatic rings. The SMILES string of the molecule is Ic1ccc(OC2CCC3CNCC32)nn1. The third-order valence-corrected chi connectivity index (χ3v) is 4.15. The predicted molar refractivity (Wildman–Crippen MR) is 68.2 cm³/mol. The minimum absolute atomic E-state index is 0.328. The van der Waals surface area contributed by atoms with Crippen LogP contribution in [0.1, 0.15) is 12.8 Å². The van der Waals surface area contributed by atoms with Crippen LogP contribution in [0, 0.1) is 15.5 Å². The zero-order valence-corrected chi connectivity index (χ0v) is 11.1. The van der Waals surface area contributed by atoms with Crippen molar-refractivity contribution in [2.45, 2.75) is 18.9 Å². The quantitative estimate of drug-likeness (QED) is 0.834. The smallest absolute Gasteiger partial charge is 0.233 e. The van der Waals surface area contributed by atoms with E-state index in [1.54, 1.807) is 0 Å². The van der Waals surface area contributed by atoms with Gasteiger partial charge < -0.3 is 10.1 Å². The molecule has 1 N–H and O–H groups in total. The highest BCUT2D eigenvalue weighted by atomic mass is 127. The van der Waals surface area contributed by atoms with Crippen LogP contribution in [0.2, 0.25) is 0 Å². The van der Waals surface area contributed by atoms with Gasteiger partial charge in [0.1, 0.15) is 9.80 Å². The second kappa shape index (κ2) is 4.44. The van der Waals surface area contributed by atoms with Crippen LogP contribution in [0.25, 0.3) is 0 Å². The van der Waals surface area contributed by atoms with E-state index >= 15 is 0 Å². The van der Waals surface area contributed by atoms with E-state index < -0.39 is 0 Å². The van der Waals surface area contributed by atoms with E-state index in [0.29, 0.717) is 17.9 Å². The van der Waals surface area contributed by atoms with E-state index in [9.17, 15) is 0 Å². The number of hydrogen-bond donors (Lipinski definition) is 1. The van der Waals surface area contributed by atoms with Gasteiger partial charge in [0.15, 0.2) is 0 Å². The Morgan fingerprint density at radius 3 is 3.00 bits per heavy atom. The molecule has 3 unspecified atom stereocenters. The summed E-state index contributed by atoms with van der Waals surface area (Å²) >= 11 is 2.15. The van der Waals surface area contributed by atoms with Crippen LogP contribution >= 0.6 is 22.6 Å². The van der Waals surface area contributed by atoms with E-state index in [2.05, 4.69) is 38.1 Å². The largest absolute Gasteiger partial charge is 0.473 e. The average molecular weight is 331 g/mol. The van der Waals surface area contributed by atoms with Crippen molar-refractivity contribution in [2.75, 3.05) is 13.1 Å². The highest BCUT2D eigenvalue weighted by Crippen LogP contribution is 2.36. The molecule has 0 spiro atoms. The number of nitrogens with zero attached hydrogens (tertiary/aromatic N) is 2. The standard InChI is InChI=1S/C11H14IN3O/c12-10-3-4-11(15-14-10)16-9-2-1-7-5-13-6-8(7)9/h3-4,7-9,13H,1-2,5-6H2. The molecule has 0 aromatic carbocycles. The predicted octanol–water partition coefficient (Wildman–Crippen LogP) is 1.46. The number of aromatic nitrogens is 2. The average Bonchev–Trinajstić information content (AvgIpc) is 2.86. The maximum Gasteiger partial charge on any atom is 0.233 e. The third kappa shape index (κ3) is 2.02. The van der Waals surface area contributed by atoms with Crippen molar-refractivity contribution < 1.29 is 4.74 Å². The van der Waals surface area contributed by atoms with Crippen molar-refractivity contribution in [2.24, 2.45) is 11.8 Å². The maximum absolute atomic E-state index is 5.93. The summed E-state index contributed by atoms with van der Waals surface area (Å²) in [4.78, 5) is 0. The highest BCUT2D eigenvalue weighted by molar-refractivity contribution is 14.1. The second-order valence-corrected chi connectivity index (χ2v) is 5.62. The minimum atomic E-state index is 0.328. The zero-order valence-electron chi connectivity index (χ0n) is 8.90. The Labute approximate surface area is 108 Å². The van der Waals surface area contributed by atoms with E-state index in [1.807, 2.05) is 12.1 Å². The first-order chi connectivity index (χ1) is 7.83. The van der Waals surface area contributed by atoms with Gasteiger partial charge in [0.25, 0.3) is 0 Å². The Bertz CT molecular complexity index is 370. The van der Waals surface area contributed by atoms with Crippen LogP contribution in [-0.4, -0.2) is 29.4 Å². The zero-order chi connectivity index (χ0) is 11.0. The first-order valence-electron chi connectivity index (χ1n) is 5.69. The molecule has 4 nitrogen and oxygen atoms in total. The Balaban J connectivity index is 1.68. The molecule has 2 aliphatic rings. The van der Waals surface area contributed by atoms with Crippen molar-refractivity contribution in [3.05, 3.63) is 15.8 Å². The number of rotatable bonds is 2. The van der Waals surface area contributed by atoms with Crippen molar-refractivity contribution in [3.8, 4) is 5.88 Å². The summed E-state index contributed by atoms with van der Waals surface area (Å²) in [5, 5.41) is 11.5. The van der Waals surface area contributed by atoms with Gasteiger partial charge in [-0.3, -0.25) is 0 Å². The molecular formula is C11H14IN3O. The molecule has 3 atom stereocenters. The van der Waals surface area contributed by atoms with E-state index in [0.717, 1.165) is 29.1 Å². The first kappa shape index (κ1) is 10.7. The number of fused-ring (bicyclic) bond motifs is 1. The molecule has 1 aliphatic carbocycles. The minimum Gasteiger partial charge on any atom is -0.473 e. The van der Waals surface area contributed by atoms with Gasteiger partial charge in [-0.15, -0.1) is 10.2 Å². The number of nitrogens with one attached hydrogen (secondary N) is 1. The number of hydrogen-bond acceptors (Lipinski definition) is 4. The molecule has 1 saturated carbocycles. The monoisotopic (exact) mass is 331 g/mol. The summed E-state index contributed by atoms with van der Waals surface area (Å²) < 4.78 is 6.83. The molecular weight excluding hydrogens is 317 g/mol. The van der Waals surface area contributed by atoms with Crippen molar-refractivity contribution in [1.29, 1.82) is 0 Å². The Morgan fingerprint density at radius 1 is 1.25 bits per heavy atom. The second-order valence-electron chi connectivity index (χ2n) is 4.51. The van der Waals surface area contributed by atoms with Gasteiger partial charge in [0, 0.05) is 18.5 Å². The molecule has 1 aliphatic heterocycles. The Hall–Kier alpha value is -0.430. The van der Waals surface area contributed by atoms with Crippen LogP contribution in [-0.2, 0) is 0 Å². The van der Waals surface area contributed by atoms with Crippen LogP contribution in [0.5, 0.6) is 5.88 Å². The van der Waals surface area contributed by atoms with Crippen molar-refractivity contribution >= 4 is 22.6 Å². The van der Waals surface area contributed by atoms with E-state index in [1.165, 1.54) is 6.42 Å². The summed E-state index contributed by atoms with van der Waals surface area (Å²) in [5.41, 5.74) is 0. The lowest BCUT2D eigenvalue weighted by molar-refractivity contribution is 0.150. The molecule has 5 heteroatoms. The van der Waals surface area contributed by atoms with Gasteiger partial charge in [-0.2, -0.15) is 0 Å². The fourth-order valence-electron chi connectivity index (χ4n) is 2.77. The van der Waals surface area contributed by atoms with E-state index in [-0.39, 0.29) is 0 Å². The molecule has 2 fully saturated rings. The highest BCUT2D eigenvalue weighted by Gasteiger charge is 2.40. The summed E-state index contributed by atoms with van der Waals surface area (Å²) in [5.74, 6) is 2.14. The normalized spacial score (nSPS) is 32.7. The molecule has 1 aromatic heterocycles. The molecule has 3 rings (SSSR count). The van der Waals surface area contributed by atoms with Gasteiger partial charge in [0.2, 0.25) is 5.88 Å². The first-order valence-corrected chi connectivity index (χ1v) is 6.77. The van der Waals surface area contributed by atoms with Gasteiger partial charge in [0.05, 0.1) is 0 Å².